The first kappa shape index (κ1) is 18.9. The van der Waals surface area contributed by atoms with Gasteiger partial charge in [-0.05, 0) is 33.0 Å². The van der Waals surface area contributed by atoms with Gasteiger partial charge in [-0.25, -0.2) is 0 Å². The summed E-state index contributed by atoms with van der Waals surface area (Å²) in [6.07, 6.45) is 1.97. The standard InChI is InChI=1S/C19H28N4O2S/c1-12(24)19-18(21)17-15(25-9-8-22(2)3)10-14(11-16(17)26-19)23-6-4-13(20)5-7-23/h10-11,13H,4-9,20-21H2,1-3H3. The summed E-state index contributed by atoms with van der Waals surface area (Å²) in [6, 6.07) is 4.47. The van der Waals surface area contributed by atoms with Crippen LogP contribution in [0.1, 0.15) is 29.4 Å². The topological polar surface area (TPSA) is 84.8 Å². The minimum atomic E-state index is -0.00608. The van der Waals surface area contributed by atoms with Crippen LogP contribution in [0.4, 0.5) is 11.4 Å². The van der Waals surface area contributed by atoms with Crippen LogP contribution in [0.15, 0.2) is 12.1 Å². The molecule has 1 aromatic heterocycles. The van der Waals surface area contributed by atoms with E-state index in [1.807, 2.05) is 14.1 Å². The number of thiophene rings is 1. The largest absolute Gasteiger partial charge is 0.491 e. The summed E-state index contributed by atoms with van der Waals surface area (Å²) in [7, 11) is 4.03. The Morgan fingerprint density at radius 3 is 2.65 bits per heavy atom. The quantitative estimate of drug-likeness (QED) is 0.754. The number of nitrogens with zero attached hydrogens (tertiary/aromatic N) is 2. The van der Waals surface area contributed by atoms with Gasteiger partial charge in [-0.1, -0.05) is 0 Å². The number of carbonyl (C=O) groups excluding carboxylic acids is 1. The third-order valence-electron chi connectivity index (χ3n) is 4.80. The van der Waals surface area contributed by atoms with E-state index < -0.39 is 0 Å². The number of ether oxygens (including phenoxy) is 1. The monoisotopic (exact) mass is 376 g/mol. The molecule has 142 valence electrons. The molecule has 1 aromatic carbocycles. The van der Waals surface area contributed by atoms with Gasteiger partial charge in [-0.3, -0.25) is 4.79 Å². The van der Waals surface area contributed by atoms with Gasteiger partial charge in [-0.15, -0.1) is 11.3 Å². The van der Waals surface area contributed by atoms with E-state index >= 15 is 0 Å². The van der Waals surface area contributed by atoms with Crippen molar-refractivity contribution in [1.82, 2.24) is 4.90 Å². The van der Waals surface area contributed by atoms with Crippen molar-refractivity contribution >= 4 is 38.6 Å². The molecular formula is C19H28N4O2S. The van der Waals surface area contributed by atoms with Crippen LogP contribution >= 0.6 is 11.3 Å². The number of hydrogen-bond donors (Lipinski definition) is 2. The Morgan fingerprint density at radius 1 is 1.35 bits per heavy atom. The molecule has 4 N–H and O–H groups in total. The first-order chi connectivity index (χ1) is 12.4. The number of likely N-dealkylation sites (N-methyl/N-ethyl adjacent to an activating group) is 1. The van der Waals surface area contributed by atoms with Gasteiger partial charge in [0, 0.05) is 49.1 Å². The minimum Gasteiger partial charge on any atom is -0.491 e. The zero-order valence-corrected chi connectivity index (χ0v) is 16.6. The van der Waals surface area contributed by atoms with Gasteiger partial charge in [0.2, 0.25) is 0 Å². The van der Waals surface area contributed by atoms with Crippen LogP contribution in [-0.2, 0) is 0 Å². The van der Waals surface area contributed by atoms with Crippen molar-refractivity contribution in [2.45, 2.75) is 25.8 Å². The normalized spacial score (nSPS) is 15.8. The van der Waals surface area contributed by atoms with Gasteiger partial charge >= 0.3 is 0 Å². The maximum absolute atomic E-state index is 11.9. The molecule has 0 atom stereocenters. The van der Waals surface area contributed by atoms with Gasteiger partial charge < -0.3 is 26.0 Å². The summed E-state index contributed by atoms with van der Waals surface area (Å²) in [4.78, 5) is 17.0. The molecule has 1 saturated heterocycles. The van der Waals surface area contributed by atoms with Crippen LogP contribution in [0.25, 0.3) is 10.1 Å². The zero-order valence-electron chi connectivity index (χ0n) is 15.7. The highest BCUT2D eigenvalue weighted by molar-refractivity contribution is 7.21. The van der Waals surface area contributed by atoms with Crippen LogP contribution in [0.2, 0.25) is 0 Å². The van der Waals surface area contributed by atoms with Crippen LogP contribution in [0.5, 0.6) is 5.75 Å². The number of nitrogen functional groups attached to an aromatic ring is 1. The molecule has 1 aliphatic rings. The molecular weight excluding hydrogens is 348 g/mol. The molecule has 0 amide bonds. The Kier molecular flexibility index (Phi) is 5.70. The summed E-state index contributed by atoms with van der Waals surface area (Å²) >= 11 is 1.45. The van der Waals surface area contributed by atoms with Crippen molar-refractivity contribution in [3.05, 3.63) is 17.0 Å². The molecule has 0 unspecified atom stereocenters. The number of ketones is 1. The lowest BCUT2D eigenvalue weighted by Crippen LogP contribution is -2.39. The second-order valence-corrected chi connectivity index (χ2v) is 8.25. The highest BCUT2D eigenvalue weighted by atomic mass is 32.1. The third-order valence-corrected chi connectivity index (χ3v) is 6.05. The average Bonchev–Trinajstić information content (AvgIpc) is 2.92. The lowest BCUT2D eigenvalue weighted by molar-refractivity contribution is 0.102. The Bertz CT molecular complexity index is 794. The van der Waals surface area contributed by atoms with E-state index in [0.717, 1.165) is 54.0 Å². The molecule has 1 aliphatic heterocycles. The molecule has 1 fully saturated rings. The molecule has 7 heteroatoms. The first-order valence-electron chi connectivity index (χ1n) is 9.02. The molecule has 3 rings (SSSR count). The number of fused-ring (bicyclic) bond motifs is 1. The number of hydrogen-bond acceptors (Lipinski definition) is 7. The van der Waals surface area contributed by atoms with Crippen molar-refractivity contribution in [2.24, 2.45) is 5.73 Å². The van der Waals surface area contributed by atoms with E-state index in [-0.39, 0.29) is 11.8 Å². The van der Waals surface area contributed by atoms with E-state index in [2.05, 4.69) is 21.9 Å². The molecule has 26 heavy (non-hydrogen) atoms. The van der Waals surface area contributed by atoms with Crippen molar-refractivity contribution in [3.63, 3.8) is 0 Å². The highest BCUT2D eigenvalue weighted by Gasteiger charge is 2.22. The number of rotatable bonds is 6. The fraction of sp³-hybridized carbons (Fsp3) is 0.526. The molecule has 2 heterocycles. The van der Waals surface area contributed by atoms with Crippen molar-refractivity contribution in [3.8, 4) is 5.75 Å². The first-order valence-corrected chi connectivity index (χ1v) is 9.83. The predicted octanol–water partition coefficient (Wildman–Crippen LogP) is 2.55. The van der Waals surface area contributed by atoms with Gasteiger partial charge in [0.1, 0.15) is 12.4 Å². The second-order valence-electron chi connectivity index (χ2n) is 7.19. The second kappa shape index (κ2) is 7.82. The Balaban J connectivity index is 2.00. The predicted molar refractivity (Wildman–Crippen MR) is 110 cm³/mol. The van der Waals surface area contributed by atoms with Crippen LogP contribution in [0.3, 0.4) is 0 Å². The number of piperidine rings is 1. The Morgan fingerprint density at radius 2 is 2.04 bits per heavy atom. The summed E-state index contributed by atoms with van der Waals surface area (Å²) in [5.74, 6) is 0.754. The summed E-state index contributed by atoms with van der Waals surface area (Å²) < 4.78 is 7.08. The molecule has 0 aliphatic carbocycles. The summed E-state index contributed by atoms with van der Waals surface area (Å²) in [5, 5.41) is 0.858. The SMILES string of the molecule is CC(=O)c1sc2cc(N3CCC(N)CC3)cc(OCCN(C)C)c2c1N. The number of nitrogens with two attached hydrogens (primary N) is 2. The van der Waals surface area contributed by atoms with E-state index in [1.165, 1.54) is 11.3 Å². The number of carbonyl (C=O) groups is 1. The van der Waals surface area contributed by atoms with Crippen LogP contribution in [0, 0.1) is 0 Å². The summed E-state index contributed by atoms with van der Waals surface area (Å²) in [5.41, 5.74) is 14.0. The van der Waals surface area contributed by atoms with Crippen molar-refractivity contribution in [1.29, 1.82) is 0 Å². The lowest BCUT2D eigenvalue weighted by atomic mass is 10.0. The fourth-order valence-corrected chi connectivity index (χ4v) is 4.32. The maximum Gasteiger partial charge on any atom is 0.171 e. The van der Waals surface area contributed by atoms with E-state index in [4.69, 9.17) is 16.2 Å². The van der Waals surface area contributed by atoms with Gasteiger partial charge in [-0.2, -0.15) is 0 Å². The number of anilines is 2. The average molecular weight is 377 g/mol. The van der Waals surface area contributed by atoms with Gasteiger partial charge in [0.05, 0.1) is 16.0 Å². The lowest BCUT2D eigenvalue weighted by Gasteiger charge is -2.32. The Hall–Kier alpha value is -1.83. The van der Waals surface area contributed by atoms with Crippen LogP contribution < -0.4 is 21.1 Å². The molecule has 0 spiro atoms. The molecule has 0 saturated carbocycles. The molecule has 2 aromatic rings. The maximum atomic E-state index is 11.9. The van der Waals surface area contributed by atoms with E-state index in [9.17, 15) is 4.79 Å². The molecule has 0 bridgehead atoms. The van der Waals surface area contributed by atoms with E-state index in [0.29, 0.717) is 17.2 Å². The fourth-order valence-electron chi connectivity index (χ4n) is 3.25. The minimum absolute atomic E-state index is 0.00608. The van der Waals surface area contributed by atoms with E-state index in [1.54, 1.807) is 6.92 Å². The van der Waals surface area contributed by atoms with Crippen molar-refractivity contribution in [2.75, 3.05) is 51.0 Å². The third kappa shape index (κ3) is 3.95. The smallest absolute Gasteiger partial charge is 0.171 e. The number of Topliss-reactive ketones (excluding diaryl/α,β-unsaturated/α-hetero) is 1. The highest BCUT2D eigenvalue weighted by Crippen LogP contribution is 2.43. The Labute approximate surface area is 158 Å². The van der Waals surface area contributed by atoms with Crippen molar-refractivity contribution < 1.29 is 9.53 Å². The summed E-state index contributed by atoms with van der Waals surface area (Å²) in [6.45, 7) is 4.81. The zero-order chi connectivity index (χ0) is 18.8. The molecule has 0 radical (unpaired) electrons. The van der Waals surface area contributed by atoms with Crippen LogP contribution in [-0.4, -0.2) is 57.1 Å². The molecule has 6 nitrogen and oxygen atoms in total. The number of benzene rings is 1. The van der Waals surface area contributed by atoms with Gasteiger partial charge in [0.15, 0.2) is 5.78 Å². The van der Waals surface area contributed by atoms with Gasteiger partial charge in [0.25, 0.3) is 0 Å².